The fourth-order valence-electron chi connectivity index (χ4n) is 2.81. The molecule has 1 aromatic rings. The second kappa shape index (κ2) is 5.26. The SMILES string of the molecule is CC(C)Cc1ccc(C2(CNC3CC3)COC2)cc1. The van der Waals surface area contributed by atoms with Crippen molar-refractivity contribution in [3.05, 3.63) is 35.4 Å². The van der Waals surface area contributed by atoms with Crippen LogP contribution in [-0.2, 0) is 16.6 Å². The Kier molecular flexibility index (Phi) is 3.64. The molecule has 1 aliphatic carbocycles. The molecule has 0 bridgehead atoms. The zero-order chi connectivity index (χ0) is 13.3. The maximum atomic E-state index is 5.50. The van der Waals surface area contributed by atoms with Crippen molar-refractivity contribution in [3.63, 3.8) is 0 Å². The molecule has 0 spiro atoms. The molecular weight excluding hydrogens is 234 g/mol. The second-order valence-corrected chi connectivity index (χ2v) is 6.72. The lowest BCUT2D eigenvalue weighted by Crippen LogP contribution is -2.53. The van der Waals surface area contributed by atoms with Crippen LogP contribution in [0.3, 0.4) is 0 Å². The highest BCUT2D eigenvalue weighted by Gasteiger charge is 2.41. The summed E-state index contributed by atoms with van der Waals surface area (Å²) in [7, 11) is 0. The molecule has 3 rings (SSSR count). The van der Waals surface area contributed by atoms with E-state index < -0.39 is 0 Å². The molecule has 0 radical (unpaired) electrons. The summed E-state index contributed by atoms with van der Waals surface area (Å²) in [6.07, 6.45) is 3.87. The molecule has 0 unspecified atom stereocenters. The first-order valence-corrected chi connectivity index (χ1v) is 7.58. The van der Waals surface area contributed by atoms with Gasteiger partial charge >= 0.3 is 0 Å². The van der Waals surface area contributed by atoms with E-state index in [-0.39, 0.29) is 5.41 Å². The van der Waals surface area contributed by atoms with Crippen molar-refractivity contribution < 1.29 is 4.74 Å². The molecular formula is C17H25NO. The predicted octanol–water partition coefficient (Wildman–Crippen LogP) is 2.91. The maximum absolute atomic E-state index is 5.50. The highest BCUT2D eigenvalue weighted by atomic mass is 16.5. The number of hydrogen-bond donors (Lipinski definition) is 1. The molecule has 0 aromatic heterocycles. The van der Waals surface area contributed by atoms with Gasteiger partial charge in [-0.05, 0) is 36.3 Å². The van der Waals surface area contributed by atoms with Crippen LogP contribution in [0.25, 0.3) is 0 Å². The molecule has 19 heavy (non-hydrogen) atoms. The molecule has 1 N–H and O–H groups in total. The van der Waals surface area contributed by atoms with Crippen LogP contribution in [0.5, 0.6) is 0 Å². The van der Waals surface area contributed by atoms with Gasteiger partial charge in [0.05, 0.1) is 18.6 Å². The smallest absolute Gasteiger partial charge is 0.0598 e. The molecule has 1 aromatic carbocycles. The molecule has 2 nitrogen and oxygen atoms in total. The largest absolute Gasteiger partial charge is 0.379 e. The molecule has 2 heteroatoms. The zero-order valence-corrected chi connectivity index (χ0v) is 12.1. The summed E-state index contributed by atoms with van der Waals surface area (Å²) in [5.41, 5.74) is 3.13. The monoisotopic (exact) mass is 259 g/mol. The van der Waals surface area contributed by atoms with Crippen molar-refractivity contribution >= 4 is 0 Å². The van der Waals surface area contributed by atoms with E-state index in [1.165, 1.54) is 30.4 Å². The fourth-order valence-corrected chi connectivity index (χ4v) is 2.81. The average Bonchev–Trinajstić information content (AvgIpc) is 3.13. The summed E-state index contributed by atoms with van der Waals surface area (Å²) >= 11 is 0. The van der Waals surface area contributed by atoms with Crippen molar-refractivity contribution in [1.29, 1.82) is 0 Å². The molecule has 2 aliphatic rings. The molecule has 2 fully saturated rings. The summed E-state index contributed by atoms with van der Waals surface area (Å²) in [5, 5.41) is 3.66. The van der Waals surface area contributed by atoms with Gasteiger partial charge in [-0.2, -0.15) is 0 Å². The van der Waals surface area contributed by atoms with Gasteiger partial charge < -0.3 is 10.1 Å². The van der Waals surface area contributed by atoms with Crippen LogP contribution in [0.1, 0.15) is 37.8 Å². The van der Waals surface area contributed by atoms with E-state index in [1.807, 2.05) is 0 Å². The number of nitrogens with one attached hydrogen (secondary N) is 1. The Morgan fingerprint density at radius 1 is 1.21 bits per heavy atom. The number of hydrogen-bond acceptors (Lipinski definition) is 2. The number of ether oxygens (including phenoxy) is 1. The predicted molar refractivity (Wildman–Crippen MR) is 78.5 cm³/mol. The topological polar surface area (TPSA) is 21.3 Å². The summed E-state index contributed by atoms with van der Waals surface area (Å²) < 4.78 is 5.50. The summed E-state index contributed by atoms with van der Waals surface area (Å²) in [6, 6.07) is 10.0. The molecule has 1 saturated carbocycles. The lowest BCUT2D eigenvalue weighted by molar-refractivity contribution is -0.0591. The first-order chi connectivity index (χ1) is 9.18. The van der Waals surface area contributed by atoms with Gasteiger partial charge in [-0.25, -0.2) is 0 Å². The minimum absolute atomic E-state index is 0.235. The molecule has 104 valence electrons. The standard InChI is InChI=1S/C17H25NO/c1-13(2)9-14-3-5-15(6-4-14)17(11-19-12-17)10-18-16-7-8-16/h3-6,13,16,18H,7-12H2,1-2H3. The van der Waals surface area contributed by atoms with Crippen molar-refractivity contribution in [3.8, 4) is 0 Å². The Bertz CT molecular complexity index is 415. The minimum atomic E-state index is 0.235. The van der Waals surface area contributed by atoms with Crippen LogP contribution in [0, 0.1) is 5.92 Å². The van der Waals surface area contributed by atoms with Gasteiger partial charge in [-0.15, -0.1) is 0 Å². The van der Waals surface area contributed by atoms with Gasteiger partial charge in [-0.1, -0.05) is 38.1 Å². The lowest BCUT2D eigenvalue weighted by atomic mass is 9.78. The van der Waals surface area contributed by atoms with Gasteiger partial charge in [0.1, 0.15) is 0 Å². The van der Waals surface area contributed by atoms with Crippen molar-refractivity contribution in [2.24, 2.45) is 5.92 Å². The quantitative estimate of drug-likeness (QED) is 0.848. The Morgan fingerprint density at radius 3 is 2.37 bits per heavy atom. The fraction of sp³-hybridized carbons (Fsp3) is 0.647. The van der Waals surface area contributed by atoms with Gasteiger partial charge in [0.15, 0.2) is 0 Å². The summed E-state index contributed by atoms with van der Waals surface area (Å²) in [4.78, 5) is 0. The normalized spacial score (nSPS) is 21.4. The van der Waals surface area contributed by atoms with Crippen molar-refractivity contribution in [2.75, 3.05) is 19.8 Å². The highest BCUT2D eigenvalue weighted by Crippen LogP contribution is 2.33. The highest BCUT2D eigenvalue weighted by molar-refractivity contribution is 5.32. The second-order valence-electron chi connectivity index (χ2n) is 6.72. The molecule has 0 atom stereocenters. The Balaban J connectivity index is 1.68. The Morgan fingerprint density at radius 2 is 1.89 bits per heavy atom. The number of benzene rings is 1. The van der Waals surface area contributed by atoms with E-state index in [0.29, 0.717) is 0 Å². The van der Waals surface area contributed by atoms with E-state index >= 15 is 0 Å². The third kappa shape index (κ3) is 3.01. The third-order valence-electron chi connectivity index (χ3n) is 4.27. The first-order valence-electron chi connectivity index (χ1n) is 7.58. The van der Waals surface area contributed by atoms with E-state index in [4.69, 9.17) is 4.74 Å². The summed E-state index contributed by atoms with van der Waals surface area (Å²) in [6.45, 7) is 7.36. The van der Waals surface area contributed by atoms with Crippen molar-refractivity contribution in [1.82, 2.24) is 5.32 Å². The van der Waals surface area contributed by atoms with E-state index in [2.05, 4.69) is 43.4 Å². The Labute approximate surface area is 116 Å². The van der Waals surface area contributed by atoms with Crippen LogP contribution in [-0.4, -0.2) is 25.8 Å². The Hall–Kier alpha value is -0.860. The maximum Gasteiger partial charge on any atom is 0.0598 e. The van der Waals surface area contributed by atoms with Crippen LogP contribution in [0.2, 0.25) is 0 Å². The van der Waals surface area contributed by atoms with E-state index in [0.717, 1.165) is 31.7 Å². The van der Waals surface area contributed by atoms with E-state index in [1.54, 1.807) is 0 Å². The number of rotatable bonds is 6. The van der Waals surface area contributed by atoms with Gasteiger partial charge in [0, 0.05) is 12.6 Å². The van der Waals surface area contributed by atoms with Crippen LogP contribution in [0.15, 0.2) is 24.3 Å². The molecule has 1 heterocycles. The van der Waals surface area contributed by atoms with Gasteiger partial charge in [-0.3, -0.25) is 0 Å². The average molecular weight is 259 g/mol. The first kappa shape index (κ1) is 13.1. The molecule has 1 saturated heterocycles. The van der Waals surface area contributed by atoms with Crippen LogP contribution in [0.4, 0.5) is 0 Å². The van der Waals surface area contributed by atoms with Gasteiger partial charge in [0.2, 0.25) is 0 Å². The lowest BCUT2D eigenvalue weighted by Gasteiger charge is -2.42. The van der Waals surface area contributed by atoms with Crippen LogP contribution < -0.4 is 5.32 Å². The summed E-state index contributed by atoms with van der Waals surface area (Å²) in [5.74, 6) is 0.725. The minimum Gasteiger partial charge on any atom is -0.379 e. The van der Waals surface area contributed by atoms with Crippen molar-refractivity contribution in [2.45, 2.75) is 44.6 Å². The third-order valence-corrected chi connectivity index (χ3v) is 4.27. The van der Waals surface area contributed by atoms with Gasteiger partial charge in [0.25, 0.3) is 0 Å². The molecule has 0 amide bonds. The zero-order valence-electron chi connectivity index (χ0n) is 12.1. The van der Waals surface area contributed by atoms with E-state index in [9.17, 15) is 0 Å². The molecule has 1 aliphatic heterocycles. The van der Waals surface area contributed by atoms with Crippen LogP contribution >= 0.6 is 0 Å².